The second kappa shape index (κ2) is 5.22. The van der Waals surface area contributed by atoms with E-state index in [1.807, 2.05) is 13.8 Å². The van der Waals surface area contributed by atoms with E-state index >= 15 is 0 Å². The van der Waals surface area contributed by atoms with Crippen LogP contribution >= 0.6 is 0 Å². The summed E-state index contributed by atoms with van der Waals surface area (Å²) in [5.41, 5.74) is 3.34. The zero-order valence-electron chi connectivity index (χ0n) is 11.1. The number of phenolic OH excluding ortho intramolecular Hbond substituents is 3. The molecule has 0 spiro atoms. The molecule has 0 aromatic heterocycles. The van der Waals surface area contributed by atoms with Crippen LogP contribution in [-0.4, -0.2) is 15.3 Å². The van der Waals surface area contributed by atoms with E-state index in [1.54, 1.807) is 18.2 Å². The van der Waals surface area contributed by atoms with Crippen LogP contribution in [0.2, 0.25) is 0 Å². The van der Waals surface area contributed by atoms with Gasteiger partial charge in [0.05, 0.1) is 0 Å². The average molecular weight is 258 g/mol. The minimum Gasteiger partial charge on any atom is -0.508 e. The second-order valence-corrected chi connectivity index (χ2v) is 4.50. The third-order valence-corrected chi connectivity index (χ3v) is 3.38. The van der Waals surface area contributed by atoms with Gasteiger partial charge in [-0.2, -0.15) is 0 Å². The Labute approximate surface area is 112 Å². The number of hydrogen-bond donors (Lipinski definition) is 3. The number of rotatable bonds is 3. The Balaban J connectivity index is 2.72. The van der Waals surface area contributed by atoms with Crippen molar-refractivity contribution in [1.29, 1.82) is 0 Å². The molecule has 0 atom stereocenters. The summed E-state index contributed by atoms with van der Waals surface area (Å²) in [5, 5.41) is 29.5. The first kappa shape index (κ1) is 13.3. The number of phenols is 3. The fourth-order valence-corrected chi connectivity index (χ4v) is 2.47. The quantitative estimate of drug-likeness (QED) is 0.737. The van der Waals surface area contributed by atoms with Crippen molar-refractivity contribution in [2.45, 2.75) is 26.7 Å². The summed E-state index contributed by atoms with van der Waals surface area (Å²) in [6.07, 6.45) is 1.48. The molecular weight excluding hydrogens is 240 g/mol. The third kappa shape index (κ3) is 2.36. The Kier molecular flexibility index (Phi) is 3.65. The van der Waals surface area contributed by atoms with E-state index < -0.39 is 0 Å². The summed E-state index contributed by atoms with van der Waals surface area (Å²) in [6, 6.07) is 7.88. The summed E-state index contributed by atoms with van der Waals surface area (Å²) in [7, 11) is 0. The molecule has 0 bridgehead atoms. The minimum atomic E-state index is 0.112. The van der Waals surface area contributed by atoms with E-state index in [-0.39, 0.29) is 17.2 Å². The van der Waals surface area contributed by atoms with E-state index in [2.05, 4.69) is 0 Å². The Bertz CT molecular complexity index is 603. The van der Waals surface area contributed by atoms with Crippen molar-refractivity contribution in [2.75, 3.05) is 0 Å². The van der Waals surface area contributed by atoms with Crippen molar-refractivity contribution in [3.63, 3.8) is 0 Å². The molecule has 2 aromatic rings. The lowest BCUT2D eigenvalue weighted by atomic mass is 9.91. The number of benzene rings is 2. The Hall–Kier alpha value is -2.16. The van der Waals surface area contributed by atoms with Crippen molar-refractivity contribution in [1.82, 2.24) is 0 Å². The predicted molar refractivity (Wildman–Crippen MR) is 75.6 cm³/mol. The monoisotopic (exact) mass is 258 g/mol. The molecule has 2 aromatic carbocycles. The molecular formula is C16H18O3. The molecule has 0 fully saturated rings. The van der Waals surface area contributed by atoms with Gasteiger partial charge in [-0.3, -0.25) is 0 Å². The summed E-state index contributed by atoms with van der Waals surface area (Å²) in [4.78, 5) is 0. The topological polar surface area (TPSA) is 60.7 Å². The summed E-state index contributed by atoms with van der Waals surface area (Å²) in [5.74, 6) is 0.518. The van der Waals surface area contributed by atoms with Crippen LogP contribution in [0.15, 0.2) is 30.3 Å². The van der Waals surface area contributed by atoms with Gasteiger partial charge in [0.25, 0.3) is 0 Å². The molecule has 0 aliphatic heterocycles. The van der Waals surface area contributed by atoms with E-state index in [0.717, 1.165) is 29.5 Å². The van der Waals surface area contributed by atoms with Gasteiger partial charge in [-0.1, -0.05) is 19.9 Å². The van der Waals surface area contributed by atoms with Crippen molar-refractivity contribution in [2.24, 2.45) is 0 Å². The molecule has 3 nitrogen and oxygen atoms in total. The highest BCUT2D eigenvalue weighted by molar-refractivity contribution is 5.76. The lowest BCUT2D eigenvalue weighted by molar-refractivity contribution is 0.461. The Morgan fingerprint density at radius 3 is 2.00 bits per heavy atom. The molecule has 19 heavy (non-hydrogen) atoms. The maximum atomic E-state index is 9.97. The van der Waals surface area contributed by atoms with Crippen LogP contribution in [0, 0.1) is 0 Å². The first-order valence-corrected chi connectivity index (χ1v) is 6.44. The van der Waals surface area contributed by atoms with Gasteiger partial charge in [0, 0.05) is 5.56 Å². The molecule has 0 aliphatic rings. The highest BCUT2D eigenvalue weighted by Crippen LogP contribution is 2.38. The lowest BCUT2D eigenvalue weighted by Gasteiger charge is -2.15. The fourth-order valence-electron chi connectivity index (χ4n) is 2.47. The molecule has 3 N–H and O–H groups in total. The number of aromatic hydroxyl groups is 3. The predicted octanol–water partition coefficient (Wildman–Crippen LogP) is 3.60. The minimum absolute atomic E-state index is 0.112. The molecule has 0 saturated carbocycles. The van der Waals surface area contributed by atoms with Gasteiger partial charge in [0.2, 0.25) is 0 Å². The smallest absolute Gasteiger partial charge is 0.123 e. The highest BCUT2D eigenvalue weighted by atomic mass is 16.3. The fraction of sp³-hybridized carbons (Fsp3) is 0.250. The molecule has 0 heterocycles. The summed E-state index contributed by atoms with van der Waals surface area (Å²) >= 11 is 0. The van der Waals surface area contributed by atoms with Crippen molar-refractivity contribution in [3.05, 3.63) is 41.5 Å². The summed E-state index contributed by atoms with van der Waals surface area (Å²) < 4.78 is 0. The molecule has 0 saturated heterocycles. The molecule has 2 rings (SSSR count). The first-order valence-electron chi connectivity index (χ1n) is 6.44. The van der Waals surface area contributed by atoms with E-state index in [0.29, 0.717) is 5.56 Å². The number of hydrogen-bond acceptors (Lipinski definition) is 3. The van der Waals surface area contributed by atoms with Crippen molar-refractivity contribution in [3.8, 4) is 28.4 Å². The van der Waals surface area contributed by atoms with Crippen LogP contribution in [-0.2, 0) is 12.8 Å². The largest absolute Gasteiger partial charge is 0.508 e. The zero-order valence-corrected chi connectivity index (χ0v) is 11.1. The van der Waals surface area contributed by atoms with Gasteiger partial charge in [0.15, 0.2) is 0 Å². The van der Waals surface area contributed by atoms with Gasteiger partial charge in [-0.05, 0) is 53.8 Å². The van der Waals surface area contributed by atoms with Gasteiger partial charge < -0.3 is 15.3 Å². The van der Waals surface area contributed by atoms with Crippen LogP contribution in [0.25, 0.3) is 11.1 Å². The second-order valence-electron chi connectivity index (χ2n) is 4.50. The Morgan fingerprint density at radius 1 is 0.737 bits per heavy atom. The average Bonchev–Trinajstić information content (AvgIpc) is 2.41. The zero-order chi connectivity index (χ0) is 14.0. The van der Waals surface area contributed by atoms with Crippen LogP contribution in [0.5, 0.6) is 17.2 Å². The van der Waals surface area contributed by atoms with Gasteiger partial charge in [-0.15, -0.1) is 0 Å². The standard InChI is InChI=1S/C16H18O3/c1-3-11-12(4-2)15(18)8-6-13(11)14-9-10(17)5-7-16(14)19/h5-9,17-19H,3-4H2,1-2H3. The third-order valence-electron chi connectivity index (χ3n) is 3.38. The van der Waals surface area contributed by atoms with Gasteiger partial charge in [-0.25, -0.2) is 0 Å². The molecule has 0 aliphatic carbocycles. The molecule has 100 valence electrons. The van der Waals surface area contributed by atoms with Gasteiger partial charge in [0.1, 0.15) is 17.2 Å². The van der Waals surface area contributed by atoms with Crippen molar-refractivity contribution < 1.29 is 15.3 Å². The normalized spacial score (nSPS) is 10.6. The first-order chi connectivity index (χ1) is 9.08. The molecule has 3 heteroatoms. The molecule has 0 radical (unpaired) electrons. The highest BCUT2D eigenvalue weighted by Gasteiger charge is 2.14. The van der Waals surface area contributed by atoms with Crippen LogP contribution in [0.3, 0.4) is 0 Å². The van der Waals surface area contributed by atoms with E-state index in [4.69, 9.17) is 0 Å². The van der Waals surface area contributed by atoms with E-state index in [1.165, 1.54) is 12.1 Å². The SMILES string of the molecule is CCc1c(O)ccc(-c2cc(O)ccc2O)c1CC. The van der Waals surface area contributed by atoms with Crippen LogP contribution in [0.4, 0.5) is 0 Å². The molecule has 0 amide bonds. The van der Waals surface area contributed by atoms with E-state index in [9.17, 15) is 15.3 Å². The Morgan fingerprint density at radius 2 is 1.37 bits per heavy atom. The van der Waals surface area contributed by atoms with Crippen LogP contribution < -0.4 is 0 Å². The van der Waals surface area contributed by atoms with Crippen LogP contribution in [0.1, 0.15) is 25.0 Å². The molecule has 0 unspecified atom stereocenters. The maximum absolute atomic E-state index is 9.97. The van der Waals surface area contributed by atoms with Gasteiger partial charge >= 0.3 is 0 Å². The lowest BCUT2D eigenvalue weighted by Crippen LogP contribution is -1.96. The maximum Gasteiger partial charge on any atom is 0.123 e. The summed E-state index contributed by atoms with van der Waals surface area (Å²) in [6.45, 7) is 4.00. The van der Waals surface area contributed by atoms with Crippen molar-refractivity contribution >= 4 is 0 Å².